The lowest BCUT2D eigenvalue weighted by Gasteiger charge is -2.45. The van der Waals surface area contributed by atoms with E-state index in [2.05, 4.69) is 0 Å². The van der Waals surface area contributed by atoms with Gasteiger partial charge < -0.3 is 19.5 Å². The molecule has 2 rings (SSSR count). The number of carboxylic acid groups (broad SMARTS) is 2. The minimum Gasteiger partial charge on any atom is -0.481 e. The number of nitrogens with zero attached hydrogens (tertiary/aromatic N) is 1. The second-order valence-electron chi connectivity index (χ2n) is 4.74. The Hall–Kier alpha value is -2.24. The summed E-state index contributed by atoms with van der Waals surface area (Å²) >= 11 is 0. The molecule has 1 aromatic heterocycles. The average molecular weight is 265 g/mol. The first-order valence-electron chi connectivity index (χ1n) is 5.84. The number of rotatable bonds is 3. The van der Waals surface area contributed by atoms with Crippen LogP contribution in [0.1, 0.15) is 20.3 Å². The summed E-state index contributed by atoms with van der Waals surface area (Å²) in [5.74, 6) is -3.32. The van der Waals surface area contributed by atoms with Gasteiger partial charge in [0.25, 0.3) is 0 Å². The van der Waals surface area contributed by atoms with Gasteiger partial charge in [0.2, 0.25) is 0 Å². The summed E-state index contributed by atoms with van der Waals surface area (Å²) in [4.78, 5) is 24.5. The summed E-state index contributed by atoms with van der Waals surface area (Å²) in [6.07, 6.45) is 4.76. The number of aliphatic carboxylic acids is 2. The molecular weight excluding hydrogens is 250 g/mol. The zero-order valence-electron chi connectivity index (χ0n) is 10.7. The summed E-state index contributed by atoms with van der Waals surface area (Å²) in [7, 11) is 0. The lowest BCUT2D eigenvalue weighted by molar-refractivity contribution is -0.155. The van der Waals surface area contributed by atoms with Crippen molar-refractivity contribution in [2.75, 3.05) is 4.90 Å². The molecule has 6 nitrogen and oxygen atoms in total. The van der Waals surface area contributed by atoms with Crippen LogP contribution in [0.2, 0.25) is 0 Å². The topological polar surface area (TPSA) is 91.0 Å². The number of furan rings is 1. The number of hydrogen-bond acceptors (Lipinski definition) is 4. The van der Waals surface area contributed by atoms with Gasteiger partial charge in [-0.05, 0) is 20.3 Å². The van der Waals surface area contributed by atoms with Crippen molar-refractivity contribution in [1.29, 1.82) is 0 Å². The van der Waals surface area contributed by atoms with Crippen LogP contribution in [0.4, 0.5) is 5.69 Å². The molecule has 1 aliphatic heterocycles. The van der Waals surface area contributed by atoms with Gasteiger partial charge in [0, 0.05) is 11.8 Å². The fourth-order valence-corrected chi connectivity index (χ4v) is 2.57. The first kappa shape index (κ1) is 13.2. The number of allylic oxidation sites excluding steroid dienone is 2. The van der Waals surface area contributed by atoms with Gasteiger partial charge in [0.05, 0.1) is 17.9 Å². The molecule has 1 aromatic rings. The SMILES string of the molecule is CC1=CCC(C(=O)O)C(C)(C(=O)O)N1c1ccoc1. The van der Waals surface area contributed by atoms with E-state index >= 15 is 0 Å². The van der Waals surface area contributed by atoms with Crippen LogP contribution in [-0.2, 0) is 9.59 Å². The Kier molecular flexibility index (Phi) is 3.09. The third-order valence-corrected chi connectivity index (χ3v) is 3.64. The molecular formula is C13H15NO5. The van der Waals surface area contributed by atoms with Crippen molar-refractivity contribution in [2.24, 2.45) is 5.92 Å². The molecule has 0 saturated carbocycles. The third-order valence-electron chi connectivity index (χ3n) is 3.64. The van der Waals surface area contributed by atoms with Gasteiger partial charge in [-0.25, -0.2) is 4.79 Å². The summed E-state index contributed by atoms with van der Waals surface area (Å²) in [5, 5.41) is 18.8. The molecule has 2 heterocycles. The van der Waals surface area contributed by atoms with Crippen LogP contribution in [0.5, 0.6) is 0 Å². The van der Waals surface area contributed by atoms with Crippen molar-refractivity contribution in [3.05, 3.63) is 30.4 Å². The van der Waals surface area contributed by atoms with Gasteiger partial charge in [-0.2, -0.15) is 0 Å². The van der Waals surface area contributed by atoms with E-state index in [1.165, 1.54) is 24.3 Å². The highest BCUT2D eigenvalue weighted by molar-refractivity contribution is 5.91. The molecule has 0 radical (unpaired) electrons. The lowest BCUT2D eigenvalue weighted by atomic mass is 9.78. The smallest absolute Gasteiger partial charge is 0.330 e. The Bertz CT molecular complexity index is 533. The number of hydrogen-bond donors (Lipinski definition) is 2. The normalized spacial score (nSPS) is 26.9. The van der Waals surface area contributed by atoms with Crippen molar-refractivity contribution < 1.29 is 24.2 Å². The maximum Gasteiger partial charge on any atom is 0.330 e. The highest BCUT2D eigenvalue weighted by Crippen LogP contribution is 2.40. The van der Waals surface area contributed by atoms with E-state index < -0.39 is 23.4 Å². The zero-order chi connectivity index (χ0) is 14.2. The minimum atomic E-state index is -1.55. The van der Waals surface area contributed by atoms with Crippen LogP contribution in [0.25, 0.3) is 0 Å². The monoisotopic (exact) mass is 265 g/mol. The van der Waals surface area contributed by atoms with Crippen LogP contribution in [0, 0.1) is 5.92 Å². The predicted molar refractivity (Wildman–Crippen MR) is 66.7 cm³/mol. The van der Waals surface area contributed by atoms with Crippen molar-refractivity contribution >= 4 is 17.6 Å². The standard InChI is InChI=1S/C13H15NO5/c1-8-3-4-10(11(15)16)13(2,12(17)18)14(8)9-5-6-19-7-9/h3,5-7,10H,4H2,1-2H3,(H,15,16)(H,17,18). The minimum absolute atomic E-state index is 0.193. The van der Waals surface area contributed by atoms with Gasteiger partial charge in [-0.1, -0.05) is 6.08 Å². The van der Waals surface area contributed by atoms with Crippen LogP contribution in [-0.4, -0.2) is 27.7 Å². The lowest BCUT2D eigenvalue weighted by Crippen LogP contribution is -2.60. The second-order valence-corrected chi connectivity index (χ2v) is 4.74. The van der Waals surface area contributed by atoms with E-state index in [1.807, 2.05) is 0 Å². The molecule has 6 heteroatoms. The van der Waals surface area contributed by atoms with Crippen LogP contribution < -0.4 is 4.90 Å². The van der Waals surface area contributed by atoms with E-state index in [4.69, 9.17) is 4.42 Å². The highest BCUT2D eigenvalue weighted by atomic mass is 16.4. The quantitative estimate of drug-likeness (QED) is 0.867. The predicted octanol–water partition coefficient (Wildman–Crippen LogP) is 1.94. The van der Waals surface area contributed by atoms with E-state index in [0.717, 1.165) is 0 Å². The molecule has 0 amide bonds. The number of anilines is 1. The molecule has 0 aromatic carbocycles. The fraction of sp³-hybridized carbons (Fsp3) is 0.385. The van der Waals surface area contributed by atoms with Gasteiger partial charge in [0.1, 0.15) is 6.26 Å². The molecule has 0 spiro atoms. The maximum atomic E-state index is 11.7. The molecule has 0 bridgehead atoms. The Morgan fingerprint density at radius 3 is 2.63 bits per heavy atom. The van der Waals surface area contributed by atoms with E-state index in [-0.39, 0.29) is 6.42 Å². The molecule has 19 heavy (non-hydrogen) atoms. The Balaban J connectivity index is 2.59. The van der Waals surface area contributed by atoms with E-state index in [1.54, 1.807) is 19.1 Å². The van der Waals surface area contributed by atoms with Crippen LogP contribution in [0.15, 0.2) is 34.8 Å². The summed E-state index contributed by atoms with van der Waals surface area (Å²) in [6.45, 7) is 3.18. The maximum absolute atomic E-state index is 11.7. The van der Waals surface area contributed by atoms with Crippen molar-refractivity contribution in [3.8, 4) is 0 Å². The fourth-order valence-electron chi connectivity index (χ4n) is 2.57. The highest BCUT2D eigenvalue weighted by Gasteiger charge is 2.52. The molecule has 2 atom stereocenters. The number of carbonyl (C=O) groups is 2. The molecule has 0 saturated heterocycles. The molecule has 0 aliphatic carbocycles. The third kappa shape index (κ3) is 1.89. The Labute approximate surface area is 109 Å². The van der Waals surface area contributed by atoms with Crippen LogP contribution >= 0.6 is 0 Å². The first-order chi connectivity index (χ1) is 8.89. The largest absolute Gasteiger partial charge is 0.481 e. The average Bonchev–Trinajstić information content (AvgIpc) is 2.81. The van der Waals surface area contributed by atoms with Gasteiger partial charge in [-0.3, -0.25) is 4.79 Å². The molecule has 0 fully saturated rings. The van der Waals surface area contributed by atoms with E-state index in [0.29, 0.717) is 11.4 Å². The second kappa shape index (κ2) is 4.46. The van der Waals surface area contributed by atoms with Gasteiger partial charge in [0.15, 0.2) is 5.54 Å². The molecule has 2 N–H and O–H groups in total. The van der Waals surface area contributed by atoms with E-state index in [9.17, 15) is 19.8 Å². The molecule has 102 valence electrons. The Morgan fingerprint density at radius 2 is 2.16 bits per heavy atom. The van der Waals surface area contributed by atoms with Gasteiger partial charge >= 0.3 is 11.9 Å². The summed E-state index contributed by atoms with van der Waals surface area (Å²) in [5.41, 5.74) is -0.317. The molecule has 1 aliphatic rings. The zero-order valence-corrected chi connectivity index (χ0v) is 10.7. The Morgan fingerprint density at radius 1 is 1.47 bits per heavy atom. The molecule has 2 unspecified atom stereocenters. The first-order valence-corrected chi connectivity index (χ1v) is 5.84. The van der Waals surface area contributed by atoms with Crippen molar-refractivity contribution in [1.82, 2.24) is 0 Å². The number of carboxylic acids is 2. The van der Waals surface area contributed by atoms with Crippen molar-refractivity contribution in [3.63, 3.8) is 0 Å². The van der Waals surface area contributed by atoms with Crippen LogP contribution in [0.3, 0.4) is 0 Å². The summed E-state index contributed by atoms with van der Waals surface area (Å²) in [6, 6.07) is 1.61. The van der Waals surface area contributed by atoms with Gasteiger partial charge in [-0.15, -0.1) is 0 Å². The summed E-state index contributed by atoms with van der Waals surface area (Å²) < 4.78 is 4.98. The van der Waals surface area contributed by atoms with Crippen molar-refractivity contribution in [2.45, 2.75) is 25.8 Å².